The molecule has 0 atom stereocenters. The molecular weight excluding hydrogens is 310 g/mol. The van der Waals surface area contributed by atoms with E-state index in [4.69, 9.17) is 0 Å². The molecule has 1 N–H and O–H groups in total. The summed E-state index contributed by atoms with van der Waals surface area (Å²) in [5, 5.41) is 7.78. The Morgan fingerprint density at radius 1 is 1.36 bits per heavy atom. The van der Waals surface area contributed by atoms with Crippen molar-refractivity contribution in [3.8, 4) is 0 Å². The summed E-state index contributed by atoms with van der Waals surface area (Å²) < 4.78 is 28.1. The van der Waals surface area contributed by atoms with E-state index in [1.807, 2.05) is 13.8 Å². The van der Waals surface area contributed by atoms with E-state index in [9.17, 15) is 13.6 Å². The van der Waals surface area contributed by atoms with Crippen molar-refractivity contribution in [2.45, 2.75) is 20.4 Å². The Balaban J connectivity index is 1.81. The Hall–Kier alpha value is -2.35. The van der Waals surface area contributed by atoms with Gasteiger partial charge in [-0.15, -0.1) is 0 Å². The van der Waals surface area contributed by atoms with Gasteiger partial charge in [-0.3, -0.25) is 4.79 Å². The number of carbonyl (C=O) groups is 1. The van der Waals surface area contributed by atoms with Crippen molar-refractivity contribution in [3.05, 3.63) is 51.8 Å². The highest BCUT2D eigenvalue weighted by atomic mass is 32.1. The van der Waals surface area contributed by atoms with Crippen LogP contribution in [-0.2, 0) is 6.54 Å². The molecule has 0 unspecified atom stereocenters. The number of fused-ring (bicyclic) bond motifs is 1. The van der Waals surface area contributed by atoms with Crippen molar-refractivity contribution in [2.24, 2.45) is 0 Å². The number of nitrogens with zero attached hydrogens (tertiary/aromatic N) is 3. The van der Waals surface area contributed by atoms with E-state index in [1.165, 1.54) is 11.3 Å². The third kappa shape index (κ3) is 2.57. The lowest BCUT2D eigenvalue weighted by Crippen LogP contribution is -2.25. The first-order valence-corrected chi connectivity index (χ1v) is 7.32. The van der Waals surface area contributed by atoms with E-state index < -0.39 is 17.5 Å². The minimum atomic E-state index is -0.892. The van der Waals surface area contributed by atoms with Gasteiger partial charge >= 0.3 is 0 Å². The molecule has 0 saturated carbocycles. The number of halogens is 2. The number of carbonyl (C=O) groups excluding carboxylic acids is 1. The normalized spacial score (nSPS) is 11.1. The van der Waals surface area contributed by atoms with Crippen LogP contribution >= 0.6 is 11.3 Å². The maximum absolute atomic E-state index is 13.6. The average Bonchev–Trinajstić information content (AvgIpc) is 2.91. The Labute approximate surface area is 128 Å². The Kier molecular flexibility index (Phi) is 3.61. The van der Waals surface area contributed by atoms with Crippen LogP contribution in [0, 0.1) is 25.5 Å². The van der Waals surface area contributed by atoms with Gasteiger partial charge in [0.05, 0.1) is 23.5 Å². The highest BCUT2D eigenvalue weighted by Gasteiger charge is 2.16. The second kappa shape index (κ2) is 5.45. The van der Waals surface area contributed by atoms with E-state index in [-0.39, 0.29) is 12.1 Å². The van der Waals surface area contributed by atoms with Crippen molar-refractivity contribution >= 4 is 22.2 Å². The monoisotopic (exact) mass is 322 g/mol. The van der Waals surface area contributed by atoms with E-state index in [0.717, 1.165) is 33.5 Å². The molecule has 3 aromatic rings. The Morgan fingerprint density at radius 3 is 2.86 bits per heavy atom. The first-order chi connectivity index (χ1) is 10.5. The maximum atomic E-state index is 13.6. The summed E-state index contributed by atoms with van der Waals surface area (Å²) in [6.07, 6.45) is 0. The molecule has 0 aliphatic heterocycles. The fraction of sp³-hybridized carbons (Fsp3) is 0.214. The number of aryl methyl sites for hydroxylation is 2. The van der Waals surface area contributed by atoms with Crippen LogP contribution in [-0.4, -0.2) is 20.5 Å². The topological polar surface area (TPSA) is 59.3 Å². The third-order valence-corrected chi connectivity index (χ3v) is 4.01. The van der Waals surface area contributed by atoms with E-state index >= 15 is 0 Å². The molecule has 0 bridgehead atoms. The largest absolute Gasteiger partial charge is 0.346 e. The van der Waals surface area contributed by atoms with Crippen molar-refractivity contribution in [1.82, 2.24) is 19.9 Å². The first-order valence-electron chi connectivity index (χ1n) is 6.50. The van der Waals surface area contributed by atoms with Gasteiger partial charge in [-0.25, -0.2) is 18.3 Å². The number of imidazole rings is 1. The molecule has 2 aromatic heterocycles. The summed E-state index contributed by atoms with van der Waals surface area (Å²) in [5.74, 6) is -2.23. The molecule has 1 aromatic carbocycles. The van der Waals surface area contributed by atoms with Gasteiger partial charge in [0.1, 0.15) is 16.6 Å². The van der Waals surface area contributed by atoms with Crippen molar-refractivity contribution in [1.29, 1.82) is 0 Å². The fourth-order valence-electron chi connectivity index (χ4n) is 2.12. The van der Waals surface area contributed by atoms with Crippen LogP contribution in [0.3, 0.4) is 0 Å². The van der Waals surface area contributed by atoms with Crippen LogP contribution in [0.5, 0.6) is 0 Å². The van der Waals surface area contributed by atoms with Gasteiger partial charge in [-0.1, -0.05) is 11.3 Å². The van der Waals surface area contributed by atoms with Crippen LogP contribution < -0.4 is 5.32 Å². The summed E-state index contributed by atoms with van der Waals surface area (Å²) in [5.41, 5.74) is 1.28. The molecule has 1 amide bonds. The van der Waals surface area contributed by atoms with Gasteiger partial charge in [0.2, 0.25) is 4.96 Å². The quantitative estimate of drug-likeness (QED) is 0.806. The zero-order valence-corrected chi connectivity index (χ0v) is 12.7. The molecule has 0 spiro atoms. The molecular formula is C14H12F2N4OS. The van der Waals surface area contributed by atoms with Gasteiger partial charge in [0.25, 0.3) is 5.91 Å². The first kappa shape index (κ1) is 14.6. The molecule has 5 nitrogen and oxygen atoms in total. The lowest BCUT2D eigenvalue weighted by molar-refractivity contribution is 0.0946. The van der Waals surface area contributed by atoms with Gasteiger partial charge in [0, 0.05) is 6.07 Å². The third-order valence-electron chi connectivity index (χ3n) is 3.19. The summed E-state index contributed by atoms with van der Waals surface area (Å²) in [7, 11) is 0. The SMILES string of the molecule is Cc1nn2c(CNC(=O)c3ccc(F)cc3F)c(C)nc2s1. The summed E-state index contributed by atoms with van der Waals surface area (Å²) in [6, 6.07) is 2.84. The van der Waals surface area contributed by atoms with Crippen LogP contribution in [0.25, 0.3) is 4.96 Å². The summed E-state index contributed by atoms with van der Waals surface area (Å²) in [4.78, 5) is 17.1. The van der Waals surface area contributed by atoms with E-state index in [2.05, 4.69) is 15.4 Å². The zero-order valence-electron chi connectivity index (χ0n) is 11.9. The van der Waals surface area contributed by atoms with Crippen molar-refractivity contribution in [2.75, 3.05) is 0 Å². The molecule has 2 heterocycles. The molecule has 0 saturated heterocycles. The zero-order chi connectivity index (χ0) is 15.9. The number of aromatic nitrogens is 3. The highest BCUT2D eigenvalue weighted by Crippen LogP contribution is 2.18. The smallest absolute Gasteiger partial charge is 0.254 e. The predicted octanol–water partition coefficient (Wildman–Crippen LogP) is 2.62. The van der Waals surface area contributed by atoms with E-state index in [0.29, 0.717) is 6.07 Å². The van der Waals surface area contributed by atoms with Crippen LogP contribution in [0.4, 0.5) is 8.78 Å². The van der Waals surface area contributed by atoms with Gasteiger partial charge in [-0.2, -0.15) is 5.10 Å². The van der Waals surface area contributed by atoms with Crippen LogP contribution in [0.1, 0.15) is 26.8 Å². The standard InChI is InChI=1S/C14H12F2N4OS/c1-7-12(20-14(18-7)22-8(2)19-20)6-17-13(21)10-4-3-9(15)5-11(10)16/h3-5H,6H2,1-2H3,(H,17,21). The molecule has 22 heavy (non-hydrogen) atoms. The minimum Gasteiger partial charge on any atom is -0.346 e. The number of nitrogens with one attached hydrogen (secondary N) is 1. The van der Waals surface area contributed by atoms with Gasteiger partial charge < -0.3 is 5.32 Å². The molecule has 8 heteroatoms. The number of benzene rings is 1. The molecule has 0 radical (unpaired) electrons. The minimum absolute atomic E-state index is 0.159. The average molecular weight is 322 g/mol. The number of amides is 1. The Bertz CT molecular complexity index is 871. The van der Waals surface area contributed by atoms with Crippen LogP contribution in [0.15, 0.2) is 18.2 Å². The summed E-state index contributed by atoms with van der Waals surface area (Å²) in [6.45, 7) is 3.84. The van der Waals surface area contributed by atoms with Gasteiger partial charge in [0.15, 0.2) is 0 Å². The lowest BCUT2D eigenvalue weighted by atomic mass is 10.2. The summed E-state index contributed by atoms with van der Waals surface area (Å²) >= 11 is 1.45. The molecule has 0 fully saturated rings. The number of hydrogen-bond acceptors (Lipinski definition) is 4. The second-order valence-corrected chi connectivity index (χ2v) is 5.93. The molecule has 3 rings (SSSR count). The molecule has 0 aliphatic carbocycles. The van der Waals surface area contributed by atoms with E-state index in [1.54, 1.807) is 4.52 Å². The highest BCUT2D eigenvalue weighted by molar-refractivity contribution is 7.16. The number of hydrogen-bond donors (Lipinski definition) is 1. The van der Waals surface area contributed by atoms with Crippen LogP contribution in [0.2, 0.25) is 0 Å². The predicted molar refractivity (Wildman–Crippen MR) is 77.9 cm³/mol. The van der Waals surface area contributed by atoms with Crippen molar-refractivity contribution in [3.63, 3.8) is 0 Å². The maximum Gasteiger partial charge on any atom is 0.254 e. The number of rotatable bonds is 3. The molecule has 114 valence electrons. The van der Waals surface area contributed by atoms with Gasteiger partial charge in [-0.05, 0) is 26.0 Å². The molecule has 0 aliphatic rings. The Morgan fingerprint density at radius 2 is 2.14 bits per heavy atom. The van der Waals surface area contributed by atoms with Crippen molar-refractivity contribution < 1.29 is 13.6 Å². The lowest BCUT2D eigenvalue weighted by Gasteiger charge is -2.06. The fourth-order valence-corrected chi connectivity index (χ4v) is 2.93. The second-order valence-electron chi connectivity index (χ2n) is 4.77.